The summed E-state index contributed by atoms with van der Waals surface area (Å²) in [6, 6.07) is 7.28. The van der Waals surface area contributed by atoms with Crippen LogP contribution >= 0.6 is 15.9 Å². The fourth-order valence-corrected chi connectivity index (χ4v) is 3.42. The summed E-state index contributed by atoms with van der Waals surface area (Å²) >= 11 is 3.51. The number of ether oxygens (including phenoxy) is 4. The number of fused-ring (bicyclic) bond motifs is 4. The van der Waals surface area contributed by atoms with Crippen LogP contribution in [0.5, 0.6) is 23.0 Å². The van der Waals surface area contributed by atoms with E-state index in [-0.39, 0.29) is 19.5 Å². The molecule has 1 amide bonds. The van der Waals surface area contributed by atoms with Crippen LogP contribution in [0.4, 0.5) is 5.69 Å². The molecule has 5 rings (SSSR count). The van der Waals surface area contributed by atoms with Gasteiger partial charge >= 0.3 is 0 Å². The van der Waals surface area contributed by atoms with E-state index in [4.69, 9.17) is 18.9 Å². The Hall–Kier alpha value is -2.67. The first kappa shape index (κ1) is 13.7. The summed E-state index contributed by atoms with van der Waals surface area (Å²) in [6.45, 7) is 0.352. The largest absolute Gasteiger partial charge is 0.454 e. The van der Waals surface area contributed by atoms with Crippen LogP contribution in [-0.2, 0) is 4.79 Å². The predicted octanol–water partition coefficient (Wildman–Crippen LogP) is 3.40. The molecule has 3 aliphatic heterocycles. The Balaban J connectivity index is 1.68. The van der Waals surface area contributed by atoms with Crippen LogP contribution < -0.4 is 24.3 Å². The van der Waals surface area contributed by atoms with Crippen molar-refractivity contribution in [1.82, 2.24) is 0 Å². The Morgan fingerprint density at radius 2 is 1.75 bits per heavy atom. The van der Waals surface area contributed by atoms with Gasteiger partial charge in [0.05, 0.1) is 16.8 Å². The second-order valence-electron chi connectivity index (χ2n) is 5.46. The molecule has 0 aromatic heterocycles. The smallest absolute Gasteiger partial charge is 0.256 e. The van der Waals surface area contributed by atoms with Gasteiger partial charge in [-0.15, -0.1) is 0 Å². The van der Waals surface area contributed by atoms with E-state index in [1.165, 1.54) is 0 Å². The number of hydrogen-bond donors (Lipinski definition) is 1. The molecule has 0 spiro atoms. The Morgan fingerprint density at radius 3 is 2.62 bits per heavy atom. The molecule has 6 nitrogen and oxygen atoms in total. The third kappa shape index (κ3) is 1.91. The van der Waals surface area contributed by atoms with Crippen molar-refractivity contribution in [2.45, 2.75) is 0 Å². The highest BCUT2D eigenvalue weighted by Crippen LogP contribution is 2.48. The van der Waals surface area contributed by atoms with Crippen molar-refractivity contribution in [3.63, 3.8) is 0 Å². The lowest BCUT2D eigenvalue weighted by Crippen LogP contribution is -2.03. The van der Waals surface area contributed by atoms with Crippen LogP contribution in [0.3, 0.4) is 0 Å². The van der Waals surface area contributed by atoms with E-state index < -0.39 is 0 Å². The summed E-state index contributed by atoms with van der Waals surface area (Å²) in [4.78, 5) is 12.4. The van der Waals surface area contributed by atoms with Gasteiger partial charge in [0.25, 0.3) is 5.91 Å². The highest BCUT2D eigenvalue weighted by molar-refractivity contribution is 9.10. The van der Waals surface area contributed by atoms with Gasteiger partial charge in [0, 0.05) is 4.47 Å². The van der Waals surface area contributed by atoms with Crippen molar-refractivity contribution >= 4 is 39.2 Å². The normalized spacial score (nSPS) is 18.0. The number of carbonyl (C=O) groups is 1. The summed E-state index contributed by atoms with van der Waals surface area (Å²) < 4.78 is 22.5. The summed E-state index contributed by atoms with van der Waals surface area (Å²) in [6.07, 6.45) is 1.80. The summed E-state index contributed by atoms with van der Waals surface area (Å²) in [5.74, 6) is 2.38. The second-order valence-corrected chi connectivity index (χ2v) is 6.32. The number of halogens is 1. The molecule has 0 aliphatic carbocycles. The molecule has 0 saturated heterocycles. The van der Waals surface area contributed by atoms with Gasteiger partial charge in [-0.1, -0.05) is 15.9 Å². The highest BCUT2D eigenvalue weighted by Gasteiger charge is 2.32. The molecule has 0 bridgehead atoms. The van der Waals surface area contributed by atoms with Crippen molar-refractivity contribution in [2.24, 2.45) is 0 Å². The zero-order chi connectivity index (χ0) is 16.3. The minimum absolute atomic E-state index is 0.154. The fraction of sp³-hybridized carbons (Fsp3) is 0.118. The van der Waals surface area contributed by atoms with Gasteiger partial charge in [-0.3, -0.25) is 4.79 Å². The molecule has 2 aromatic rings. The molecule has 0 fully saturated rings. The number of rotatable bonds is 1. The van der Waals surface area contributed by atoms with Crippen LogP contribution in [0.1, 0.15) is 11.1 Å². The van der Waals surface area contributed by atoms with Crippen LogP contribution in [0.25, 0.3) is 11.6 Å². The van der Waals surface area contributed by atoms with Crippen LogP contribution in [-0.4, -0.2) is 19.5 Å². The van der Waals surface area contributed by atoms with E-state index in [1.54, 1.807) is 12.1 Å². The van der Waals surface area contributed by atoms with Crippen molar-refractivity contribution in [1.29, 1.82) is 0 Å². The van der Waals surface area contributed by atoms with Crippen LogP contribution in [0, 0.1) is 0 Å². The second kappa shape index (κ2) is 4.91. The first-order valence-corrected chi connectivity index (χ1v) is 8.05. The van der Waals surface area contributed by atoms with E-state index in [1.807, 2.05) is 18.2 Å². The third-order valence-electron chi connectivity index (χ3n) is 4.09. The number of carbonyl (C=O) groups excluding carboxylic acids is 1. The molecule has 2 aromatic carbocycles. The molecule has 120 valence electrons. The topological polar surface area (TPSA) is 66.0 Å². The third-order valence-corrected chi connectivity index (χ3v) is 4.78. The first-order valence-electron chi connectivity index (χ1n) is 7.26. The summed E-state index contributed by atoms with van der Waals surface area (Å²) in [5.41, 5.74) is 2.77. The lowest BCUT2D eigenvalue weighted by Gasteiger charge is -2.06. The minimum atomic E-state index is -0.182. The van der Waals surface area contributed by atoms with Gasteiger partial charge in [-0.25, -0.2) is 0 Å². The maximum absolute atomic E-state index is 12.4. The fourth-order valence-electron chi connectivity index (χ4n) is 2.98. The molecule has 0 unspecified atom stereocenters. The number of amides is 1. The van der Waals surface area contributed by atoms with Crippen molar-refractivity contribution < 1.29 is 23.7 Å². The summed E-state index contributed by atoms with van der Waals surface area (Å²) in [7, 11) is 0. The van der Waals surface area contributed by atoms with E-state index in [0.29, 0.717) is 34.3 Å². The Labute approximate surface area is 145 Å². The molecule has 0 saturated carbocycles. The molecular formula is C17H10BrNO5. The maximum Gasteiger partial charge on any atom is 0.256 e. The van der Waals surface area contributed by atoms with Gasteiger partial charge in [0.2, 0.25) is 13.6 Å². The number of nitrogens with one attached hydrogen (secondary N) is 1. The molecule has 3 aliphatic rings. The van der Waals surface area contributed by atoms with Crippen molar-refractivity contribution in [2.75, 3.05) is 18.9 Å². The Kier molecular flexibility index (Phi) is 2.81. The van der Waals surface area contributed by atoms with E-state index >= 15 is 0 Å². The quantitative estimate of drug-likeness (QED) is 0.759. The average molecular weight is 388 g/mol. The van der Waals surface area contributed by atoms with E-state index in [2.05, 4.69) is 21.2 Å². The monoisotopic (exact) mass is 387 g/mol. The Bertz CT molecular complexity index is 937. The molecular weight excluding hydrogens is 378 g/mol. The van der Waals surface area contributed by atoms with Gasteiger partial charge in [0.1, 0.15) is 0 Å². The van der Waals surface area contributed by atoms with Crippen molar-refractivity contribution in [3.8, 4) is 23.0 Å². The lowest BCUT2D eigenvalue weighted by atomic mass is 10.0. The maximum atomic E-state index is 12.4. The summed E-state index contributed by atoms with van der Waals surface area (Å²) in [5, 5.41) is 2.86. The SMILES string of the molecule is O=C1Nc2ccc3c(c2/C1=C/c1cc2c(cc1Br)OCO2)OCO3. The molecule has 3 heterocycles. The number of hydrogen-bond acceptors (Lipinski definition) is 5. The predicted molar refractivity (Wildman–Crippen MR) is 89.3 cm³/mol. The van der Waals surface area contributed by atoms with E-state index in [0.717, 1.165) is 15.6 Å². The number of benzene rings is 2. The standard InChI is InChI=1S/C17H10BrNO5/c18-10-5-14-13(22-6-23-14)4-8(10)3-9-15-11(19-17(9)20)1-2-12-16(15)24-7-21-12/h1-5H,6-7H2,(H,19,20)/b9-3-. The van der Waals surface area contributed by atoms with Crippen LogP contribution in [0.15, 0.2) is 28.7 Å². The number of anilines is 1. The van der Waals surface area contributed by atoms with Crippen LogP contribution in [0.2, 0.25) is 0 Å². The molecule has 1 N–H and O–H groups in total. The minimum Gasteiger partial charge on any atom is -0.454 e. The zero-order valence-corrected chi connectivity index (χ0v) is 13.8. The zero-order valence-electron chi connectivity index (χ0n) is 12.2. The molecule has 7 heteroatoms. The van der Waals surface area contributed by atoms with E-state index in [9.17, 15) is 4.79 Å². The lowest BCUT2D eigenvalue weighted by molar-refractivity contribution is -0.110. The highest BCUT2D eigenvalue weighted by atomic mass is 79.9. The Morgan fingerprint density at radius 1 is 1.00 bits per heavy atom. The van der Waals surface area contributed by atoms with Gasteiger partial charge in [0.15, 0.2) is 23.0 Å². The average Bonchev–Trinajstić information content (AvgIpc) is 3.26. The molecule has 0 atom stereocenters. The molecule has 24 heavy (non-hydrogen) atoms. The van der Waals surface area contributed by atoms with Gasteiger partial charge < -0.3 is 24.3 Å². The van der Waals surface area contributed by atoms with Gasteiger partial charge in [-0.2, -0.15) is 0 Å². The molecule has 0 radical (unpaired) electrons. The first-order chi connectivity index (χ1) is 11.7. The van der Waals surface area contributed by atoms with Gasteiger partial charge in [-0.05, 0) is 35.9 Å². The van der Waals surface area contributed by atoms with Crippen molar-refractivity contribution in [3.05, 3.63) is 39.9 Å².